The Morgan fingerprint density at radius 1 is 1.47 bits per heavy atom. The Bertz CT molecular complexity index is 335. The third-order valence-electron chi connectivity index (χ3n) is 2.34. The van der Waals surface area contributed by atoms with Crippen LogP contribution in [0.3, 0.4) is 0 Å². The van der Waals surface area contributed by atoms with Crippen LogP contribution in [0, 0.1) is 0 Å². The predicted octanol–water partition coefficient (Wildman–Crippen LogP) is 1.65. The van der Waals surface area contributed by atoms with Crippen molar-refractivity contribution < 1.29 is 4.74 Å². The van der Waals surface area contributed by atoms with Crippen LogP contribution in [0.15, 0.2) is 24.4 Å². The van der Waals surface area contributed by atoms with Gasteiger partial charge in [0.2, 0.25) is 0 Å². The van der Waals surface area contributed by atoms with Crippen LogP contribution in [0.4, 0.5) is 5.69 Å². The molecular formula is C13H21N3O. The molecule has 0 spiro atoms. The first-order valence-electron chi connectivity index (χ1n) is 5.86. The highest BCUT2D eigenvalue weighted by molar-refractivity contribution is 5.47. The van der Waals surface area contributed by atoms with Gasteiger partial charge in [-0.1, -0.05) is 6.08 Å². The molecule has 0 unspecified atom stereocenters. The molecular weight excluding hydrogens is 214 g/mol. The van der Waals surface area contributed by atoms with Crippen LogP contribution in [0.1, 0.15) is 12.6 Å². The summed E-state index contributed by atoms with van der Waals surface area (Å²) < 4.78 is 5.29. The molecule has 0 fully saturated rings. The van der Waals surface area contributed by atoms with Crippen LogP contribution in [0.25, 0.3) is 6.08 Å². The first-order chi connectivity index (χ1) is 8.22. The minimum Gasteiger partial charge on any atom is -0.397 e. The Labute approximate surface area is 103 Å². The van der Waals surface area contributed by atoms with Crippen LogP contribution in [-0.2, 0) is 4.74 Å². The normalized spacial score (nSPS) is 11.5. The highest BCUT2D eigenvalue weighted by Gasteiger charge is 1.94. The number of likely N-dealkylation sites (N-methyl/N-ethyl adjacent to an activating group) is 1. The van der Waals surface area contributed by atoms with E-state index < -0.39 is 0 Å². The molecule has 0 aromatic carbocycles. The van der Waals surface area contributed by atoms with E-state index in [0.717, 1.165) is 32.0 Å². The van der Waals surface area contributed by atoms with Crippen molar-refractivity contribution in [3.63, 3.8) is 0 Å². The number of rotatable bonds is 7. The summed E-state index contributed by atoms with van der Waals surface area (Å²) in [6.45, 7) is 5.39. The Kier molecular flexibility index (Phi) is 6.29. The summed E-state index contributed by atoms with van der Waals surface area (Å²) in [5.41, 5.74) is 7.18. The van der Waals surface area contributed by atoms with Gasteiger partial charge in [-0.2, -0.15) is 0 Å². The maximum atomic E-state index is 5.56. The molecule has 2 N–H and O–H groups in total. The zero-order valence-corrected chi connectivity index (χ0v) is 10.6. The summed E-state index contributed by atoms with van der Waals surface area (Å²) in [6, 6.07) is 3.76. The number of nitrogens with zero attached hydrogens (tertiary/aromatic N) is 2. The molecule has 4 heteroatoms. The lowest BCUT2D eigenvalue weighted by Crippen LogP contribution is -2.23. The molecule has 94 valence electrons. The molecule has 1 aromatic heterocycles. The summed E-state index contributed by atoms with van der Waals surface area (Å²) in [5.74, 6) is 0. The summed E-state index contributed by atoms with van der Waals surface area (Å²) >= 11 is 0. The van der Waals surface area contributed by atoms with Gasteiger partial charge in [0.1, 0.15) is 0 Å². The summed E-state index contributed by atoms with van der Waals surface area (Å²) in [7, 11) is 2.07. The lowest BCUT2D eigenvalue weighted by Gasteiger charge is -2.13. The lowest BCUT2D eigenvalue weighted by atomic mass is 10.3. The van der Waals surface area contributed by atoms with Crippen LogP contribution in [-0.4, -0.2) is 43.2 Å². The Balaban J connectivity index is 2.27. The largest absolute Gasteiger partial charge is 0.397 e. The average Bonchev–Trinajstić information content (AvgIpc) is 2.32. The van der Waals surface area contributed by atoms with Crippen molar-refractivity contribution in [2.75, 3.05) is 39.1 Å². The zero-order chi connectivity index (χ0) is 12.5. The Hall–Kier alpha value is -1.39. The average molecular weight is 235 g/mol. The molecule has 0 saturated carbocycles. The minimum absolute atomic E-state index is 0.691. The standard InChI is InChI=1S/C13H21N3O/c1-3-17-10-9-16(2)8-4-5-13-7-6-12(14)11-15-13/h4-7,11H,3,8-10,14H2,1-2H3/b5-4+. The molecule has 0 radical (unpaired) electrons. The van der Waals surface area contributed by atoms with E-state index in [1.54, 1.807) is 6.20 Å². The molecule has 0 aliphatic heterocycles. The number of pyridine rings is 1. The maximum Gasteiger partial charge on any atom is 0.0628 e. The number of nitrogens with two attached hydrogens (primary N) is 1. The van der Waals surface area contributed by atoms with Gasteiger partial charge < -0.3 is 15.4 Å². The van der Waals surface area contributed by atoms with E-state index in [-0.39, 0.29) is 0 Å². The van der Waals surface area contributed by atoms with Gasteiger partial charge in [0, 0.05) is 19.7 Å². The fraction of sp³-hybridized carbons (Fsp3) is 0.462. The summed E-state index contributed by atoms with van der Waals surface area (Å²) in [4.78, 5) is 6.39. The Morgan fingerprint density at radius 3 is 2.94 bits per heavy atom. The monoisotopic (exact) mass is 235 g/mol. The van der Waals surface area contributed by atoms with Crippen LogP contribution >= 0.6 is 0 Å². The maximum absolute atomic E-state index is 5.56. The van der Waals surface area contributed by atoms with Gasteiger partial charge in [-0.05, 0) is 32.2 Å². The zero-order valence-electron chi connectivity index (χ0n) is 10.6. The van der Waals surface area contributed by atoms with Gasteiger partial charge in [0.05, 0.1) is 24.2 Å². The number of anilines is 1. The quantitative estimate of drug-likeness (QED) is 0.730. The molecule has 4 nitrogen and oxygen atoms in total. The smallest absolute Gasteiger partial charge is 0.0628 e. The summed E-state index contributed by atoms with van der Waals surface area (Å²) in [6.07, 6.45) is 5.75. The van der Waals surface area contributed by atoms with E-state index in [9.17, 15) is 0 Å². The second-order valence-electron chi connectivity index (χ2n) is 3.88. The fourth-order valence-electron chi connectivity index (χ4n) is 1.32. The van der Waals surface area contributed by atoms with Crippen LogP contribution < -0.4 is 5.73 Å². The van der Waals surface area contributed by atoms with Crippen LogP contribution in [0.2, 0.25) is 0 Å². The van der Waals surface area contributed by atoms with Crippen LogP contribution in [0.5, 0.6) is 0 Å². The summed E-state index contributed by atoms with van der Waals surface area (Å²) in [5, 5.41) is 0. The van der Waals surface area contributed by atoms with Crippen molar-refractivity contribution >= 4 is 11.8 Å². The number of hydrogen-bond acceptors (Lipinski definition) is 4. The van der Waals surface area contributed by atoms with E-state index >= 15 is 0 Å². The third-order valence-corrected chi connectivity index (χ3v) is 2.34. The molecule has 0 aliphatic rings. The van der Waals surface area contributed by atoms with Gasteiger partial charge >= 0.3 is 0 Å². The predicted molar refractivity (Wildman–Crippen MR) is 71.7 cm³/mol. The molecule has 17 heavy (non-hydrogen) atoms. The highest BCUT2D eigenvalue weighted by Crippen LogP contribution is 2.02. The minimum atomic E-state index is 0.691. The number of hydrogen-bond donors (Lipinski definition) is 1. The van der Waals surface area contributed by atoms with Crippen molar-refractivity contribution in [3.8, 4) is 0 Å². The van der Waals surface area contributed by atoms with Crippen molar-refractivity contribution in [2.24, 2.45) is 0 Å². The topological polar surface area (TPSA) is 51.4 Å². The van der Waals surface area contributed by atoms with Gasteiger partial charge in [-0.15, -0.1) is 0 Å². The number of ether oxygens (including phenoxy) is 1. The van der Waals surface area contributed by atoms with Crippen molar-refractivity contribution in [1.29, 1.82) is 0 Å². The van der Waals surface area contributed by atoms with E-state index in [4.69, 9.17) is 10.5 Å². The first kappa shape index (κ1) is 13.7. The van der Waals surface area contributed by atoms with Gasteiger partial charge in [0.15, 0.2) is 0 Å². The van der Waals surface area contributed by atoms with E-state index in [1.165, 1.54) is 0 Å². The fourth-order valence-corrected chi connectivity index (χ4v) is 1.32. The van der Waals surface area contributed by atoms with E-state index in [2.05, 4.69) is 23.0 Å². The van der Waals surface area contributed by atoms with E-state index in [0.29, 0.717) is 5.69 Å². The van der Waals surface area contributed by atoms with Gasteiger partial charge in [-0.25, -0.2) is 0 Å². The second kappa shape index (κ2) is 7.81. The molecule has 0 saturated heterocycles. The number of aromatic nitrogens is 1. The van der Waals surface area contributed by atoms with Crippen molar-refractivity contribution in [2.45, 2.75) is 6.92 Å². The van der Waals surface area contributed by atoms with Gasteiger partial charge in [0.25, 0.3) is 0 Å². The molecule has 0 atom stereocenters. The second-order valence-corrected chi connectivity index (χ2v) is 3.88. The van der Waals surface area contributed by atoms with Gasteiger partial charge in [-0.3, -0.25) is 4.98 Å². The Morgan fingerprint density at radius 2 is 2.29 bits per heavy atom. The first-order valence-corrected chi connectivity index (χ1v) is 5.86. The van der Waals surface area contributed by atoms with E-state index in [1.807, 2.05) is 25.1 Å². The number of nitrogen functional groups attached to an aromatic ring is 1. The van der Waals surface area contributed by atoms with Crippen molar-refractivity contribution in [1.82, 2.24) is 9.88 Å². The SMILES string of the molecule is CCOCCN(C)C/C=C/c1ccc(N)cn1. The molecule has 1 rings (SSSR count). The van der Waals surface area contributed by atoms with Crippen molar-refractivity contribution in [3.05, 3.63) is 30.1 Å². The molecule has 1 aromatic rings. The molecule has 0 amide bonds. The highest BCUT2D eigenvalue weighted by atomic mass is 16.5. The molecule has 1 heterocycles. The lowest BCUT2D eigenvalue weighted by molar-refractivity contribution is 0.125. The molecule has 0 bridgehead atoms. The molecule has 0 aliphatic carbocycles. The third kappa shape index (κ3) is 6.04.